The van der Waals surface area contributed by atoms with E-state index in [-0.39, 0.29) is 21.2 Å². The topological polar surface area (TPSA) is 105 Å². The second-order valence-corrected chi connectivity index (χ2v) is 7.80. The van der Waals surface area contributed by atoms with Crippen LogP contribution in [0.4, 0.5) is 17.1 Å². The number of sulfonamides is 1. The third-order valence-electron chi connectivity index (χ3n) is 3.73. The molecule has 9 heteroatoms. The monoisotopic (exact) mass is 415 g/mol. The molecule has 0 fully saturated rings. The molecule has 0 spiro atoms. The van der Waals surface area contributed by atoms with Crippen molar-refractivity contribution in [1.29, 1.82) is 0 Å². The fraction of sp³-hybridized carbons (Fsp3) is 0. The molecule has 0 aliphatic heterocycles. The molecule has 0 saturated heterocycles. The van der Waals surface area contributed by atoms with Crippen molar-refractivity contribution >= 4 is 44.6 Å². The molecule has 0 unspecified atom stereocenters. The van der Waals surface area contributed by atoms with Gasteiger partial charge in [0.15, 0.2) is 0 Å². The Morgan fingerprint density at radius 2 is 1.61 bits per heavy atom. The first-order valence-electron chi connectivity index (χ1n) is 8.01. The molecule has 3 aromatic rings. The van der Waals surface area contributed by atoms with Crippen LogP contribution in [0.2, 0.25) is 5.02 Å². The quantitative estimate of drug-likeness (QED) is 0.564. The number of amides is 1. The van der Waals surface area contributed by atoms with E-state index < -0.39 is 15.9 Å². The maximum atomic E-state index is 12.6. The van der Waals surface area contributed by atoms with Crippen LogP contribution in [-0.4, -0.2) is 14.3 Å². The lowest BCUT2D eigenvalue weighted by molar-refractivity contribution is 0.102. The number of hydrogen-bond donors (Lipinski definition) is 2. The molecule has 0 heterocycles. The van der Waals surface area contributed by atoms with Crippen LogP contribution in [0.3, 0.4) is 0 Å². The maximum absolute atomic E-state index is 12.6. The second-order valence-electron chi connectivity index (χ2n) is 5.71. The molecule has 3 rings (SSSR count). The van der Waals surface area contributed by atoms with Gasteiger partial charge in [0.25, 0.3) is 15.9 Å². The van der Waals surface area contributed by atoms with E-state index >= 15 is 0 Å². The Balaban J connectivity index is 1.88. The van der Waals surface area contributed by atoms with Crippen molar-refractivity contribution in [3.8, 4) is 0 Å². The van der Waals surface area contributed by atoms with E-state index in [1.54, 1.807) is 42.5 Å². The lowest BCUT2D eigenvalue weighted by atomic mass is 10.2. The molecule has 2 N–H and O–H groups in total. The molecule has 0 saturated carbocycles. The number of carbonyl (C=O) groups excluding carboxylic acids is 1. The zero-order valence-corrected chi connectivity index (χ0v) is 15.9. The zero-order valence-electron chi connectivity index (χ0n) is 14.3. The van der Waals surface area contributed by atoms with Crippen LogP contribution in [0.1, 0.15) is 10.4 Å². The molecule has 3 aromatic carbocycles. The molecule has 142 valence electrons. The van der Waals surface area contributed by atoms with Gasteiger partial charge in [0, 0.05) is 11.4 Å². The van der Waals surface area contributed by atoms with Crippen LogP contribution in [0, 0.1) is 4.91 Å². The van der Waals surface area contributed by atoms with Crippen molar-refractivity contribution in [2.24, 2.45) is 5.18 Å². The average molecular weight is 416 g/mol. The number of nitrogens with zero attached hydrogens (tertiary/aromatic N) is 1. The number of anilines is 2. The van der Waals surface area contributed by atoms with Crippen LogP contribution < -0.4 is 10.0 Å². The smallest absolute Gasteiger partial charge is 0.261 e. The van der Waals surface area contributed by atoms with Gasteiger partial charge in [0.2, 0.25) is 0 Å². The number of nitrogens with one attached hydrogen (secondary N) is 2. The third-order valence-corrected chi connectivity index (χ3v) is 5.44. The van der Waals surface area contributed by atoms with Crippen LogP contribution >= 0.6 is 11.6 Å². The third kappa shape index (κ3) is 4.54. The average Bonchev–Trinajstić information content (AvgIpc) is 2.68. The Morgan fingerprint density at radius 1 is 0.893 bits per heavy atom. The van der Waals surface area contributed by atoms with Crippen LogP contribution in [0.25, 0.3) is 0 Å². The summed E-state index contributed by atoms with van der Waals surface area (Å²) >= 11 is 6.08. The molecule has 0 bridgehead atoms. The predicted octanol–water partition coefficient (Wildman–Crippen LogP) is 4.79. The highest BCUT2D eigenvalue weighted by Crippen LogP contribution is 2.24. The van der Waals surface area contributed by atoms with Crippen LogP contribution in [0.15, 0.2) is 82.9 Å². The van der Waals surface area contributed by atoms with E-state index in [0.717, 1.165) is 0 Å². The van der Waals surface area contributed by atoms with E-state index in [9.17, 15) is 18.1 Å². The van der Waals surface area contributed by atoms with Gasteiger partial charge in [-0.15, -0.1) is 4.91 Å². The summed E-state index contributed by atoms with van der Waals surface area (Å²) in [5.41, 5.74) is 0.838. The first-order chi connectivity index (χ1) is 13.4. The van der Waals surface area contributed by atoms with Crippen molar-refractivity contribution in [1.82, 2.24) is 0 Å². The Hall–Kier alpha value is -3.23. The highest BCUT2D eigenvalue weighted by atomic mass is 35.5. The summed E-state index contributed by atoms with van der Waals surface area (Å²) in [6.07, 6.45) is 0. The molecular formula is C19H14ClN3O4S. The van der Waals surface area contributed by atoms with E-state index in [2.05, 4.69) is 15.2 Å². The Morgan fingerprint density at radius 3 is 2.32 bits per heavy atom. The van der Waals surface area contributed by atoms with Crippen LogP contribution in [0.5, 0.6) is 0 Å². The summed E-state index contributed by atoms with van der Waals surface area (Å²) in [7, 11) is -3.91. The van der Waals surface area contributed by atoms with E-state index in [4.69, 9.17) is 11.6 Å². The van der Waals surface area contributed by atoms with Crippen molar-refractivity contribution in [2.75, 3.05) is 10.0 Å². The normalized spacial score (nSPS) is 10.9. The van der Waals surface area contributed by atoms with Gasteiger partial charge in [-0.2, -0.15) is 0 Å². The summed E-state index contributed by atoms with van der Waals surface area (Å²) in [4.78, 5) is 23.1. The number of rotatable bonds is 6. The molecule has 0 radical (unpaired) electrons. The van der Waals surface area contributed by atoms with Crippen LogP contribution in [-0.2, 0) is 10.0 Å². The van der Waals surface area contributed by atoms with Crippen molar-refractivity contribution in [3.05, 3.63) is 88.3 Å². The minimum atomic E-state index is -3.91. The SMILES string of the molecule is O=Nc1cccc(NC(=O)c2cc(S(=O)(=O)Nc3ccccc3)ccc2Cl)c1. The summed E-state index contributed by atoms with van der Waals surface area (Å²) in [5, 5.41) is 5.45. The minimum absolute atomic E-state index is 0.0259. The van der Waals surface area contributed by atoms with Gasteiger partial charge < -0.3 is 5.32 Å². The Kier molecular flexibility index (Phi) is 5.72. The highest BCUT2D eigenvalue weighted by Gasteiger charge is 2.19. The lowest BCUT2D eigenvalue weighted by Crippen LogP contribution is -2.16. The van der Waals surface area contributed by atoms with Gasteiger partial charge >= 0.3 is 0 Å². The molecule has 0 atom stereocenters. The lowest BCUT2D eigenvalue weighted by Gasteiger charge is -2.11. The fourth-order valence-electron chi connectivity index (χ4n) is 2.40. The molecule has 0 aliphatic carbocycles. The van der Waals surface area contributed by atoms with Gasteiger partial charge in [-0.25, -0.2) is 8.42 Å². The zero-order chi connectivity index (χ0) is 20.1. The fourth-order valence-corrected chi connectivity index (χ4v) is 3.69. The molecule has 28 heavy (non-hydrogen) atoms. The van der Waals surface area contributed by atoms with E-state index in [1.165, 1.54) is 30.3 Å². The van der Waals surface area contributed by atoms with E-state index in [0.29, 0.717) is 11.4 Å². The summed E-state index contributed by atoms with van der Waals surface area (Å²) in [5.74, 6) is -0.621. The summed E-state index contributed by atoms with van der Waals surface area (Å²) in [6.45, 7) is 0. The number of para-hydroxylation sites is 1. The standard InChI is InChI=1S/C19H14ClN3O4S/c20-18-10-9-16(28(26,27)23-13-5-2-1-3-6-13)12-17(18)19(24)21-14-7-4-8-15(11-14)22-25/h1-12,23H,(H,21,24). The number of benzene rings is 3. The van der Waals surface area contributed by atoms with Crippen molar-refractivity contribution in [3.63, 3.8) is 0 Å². The Bertz CT molecular complexity index is 1130. The first-order valence-corrected chi connectivity index (χ1v) is 9.87. The van der Waals surface area contributed by atoms with Crippen molar-refractivity contribution < 1.29 is 13.2 Å². The number of carbonyl (C=O) groups is 1. The van der Waals surface area contributed by atoms with Gasteiger partial charge in [-0.1, -0.05) is 35.9 Å². The number of halogens is 1. The summed E-state index contributed by atoms with van der Waals surface area (Å²) < 4.78 is 27.6. The highest BCUT2D eigenvalue weighted by molar-refractivity contribution is 7.92. The van der Waals surface area contributed by atoms with E-state index in [1.807, 2.05) is 0 Å². The second kappa shape index (κ2) is 8.20. The van der Waals surface area contributed by atoms with Gasteiger partial charge in [0.05, 0.1) is 15.5 Å². The number of nitroso groups, excluding NO2 is 1. The molecule has 1 amide bonds. The first kappa shape index (κ1) is 19.5. The number of hydrogen-bond acceptors (Lipinski definition) is 5. The van der Waals surface area contributed by atoms with Gasteiger partial charge in [-0.05, 0) is 53.7 Å². The maximum Gasteiger partial charge on any atom is 0.261 e. The largest absolute Gasteiger partial charge is 0.322 e. The van der Waals surface area contributed by atoms with Gasteiger partial charge in [-0.3, -0.25) is 9.52 Å². The minimum Gasteiger partial charge on any atom is -0.322 e. The van der Waals surface area contributed by atoms with Gasteiger partial charge in [0.1, 0.15) is 5.69 Å². The molecular weight excluding hydrogens is 402 g/mol. The molecule has 7 nitrogen and oxygen atoms in total. The predicted molar refractivity (Wildman–Crippen MR) is 109 cm³/mol. The molecule has 0 aromatic heterocycles. The summed E-state index contributed by atoms with van der Waals surface area (Å²) in [6, 6.07) is 18.2. The Labute approximate surface area is 166 Å². The molecule has 0 aliphatic rings. The van der Waals surface area contributed by atoms with Crippen molar-refractivity contribution in [2.45, 2.75) is 4.90 Å².